The first-order valence-electron chi connectivity index (χ1n) is 9.36. The maximum atomic E-state index is 13.3. The van der Waals surface area contributed by atoms with Gasteiger partial charge in [0.15, 0.2) is 6.10 Å². The lowest BCUT2D eigenvalue weighted by Crippen LogP contribution is -2.41. The lowest BCUT2D eigenvalue weighted by molar-refractivity contribution is -0.213. The number of hydrogen-bond donors (Lipinski definition) is 3. The van der Waals surface area contributed by atoms with Crippen LogP contribution in [0.4, 0.5) is 13.2 Å². The summed E-state index contributed by atoms with van der Waals surface area (Å²) in [7, 11) is 0. The normalized spacial score (nSPS) is 13.6. The van der Waals surface area contributed by atoms with E-state index >= 15 is 0 Å². The highest BCUT2D eigenvalue weighted by atomic mass is 19.4. The van der Waals surface area contributed by atoms with Gasteiger partial charge in [-0.25, -0.2) is 0 Å². The molecule has 0 aliphatic rings. The van der Waals surface area contributed by atoms with Crippen LogP contribution in [-0.4, -0.2) is 22.5 Å². The van der Waals surface area contributed by atoms with Crippen molar-refractivity contribution in [3.8, 4) is 11.5 Å². The van der Waals surface area contributed by atoms with Crippen LogP contribution in [0.25, 0.3) is 0 Å². The van der Waals surface area contributed by atoms with Crippen LogP contribution < -0.4 is 10.1 Å². The molecule has 0 saturated carbocycles. The van der Waals surface area contributed by atoms with E-state index in [9.17, 15) is 23.4 Å². The largest absolute Gasteiger partial charge is 0.457 e. The lowest BCUT2D eigenvalue weighted by atomic mass is 10.00. The highest BCUT2D eigenvalue weighted by Crippen LogP contribution is 2.32. The second kappa shape index (κ2) is 9.75. The molecule has 3 aromatic rings. The van der Waals surface area contributed by atoms with Gasteiger partial charge in [0.2, 0.25) is 0 Å². The molecule has 3 aromatic carbocycles. The van der Waals surface area contributed by atoms with Gasteiger partial charge in [0, 0.05) is 6.54 Å². The smallest absolute Gasteiger partial charge is 0.416 e. The predicted molar refractivity (Wildman–Crippen MR) is 107 cm³/mol. The van der Waals surface area contributed by atoms with Crippen LogP contribution >= 0.6 is 0 Å². The summed E-state index contributed by atoms with van der Waals surface area (Å²) >= 11 is 0. The molecule has 0 aliphatic heterocycles. The van der Waals surface area contributed by atoms with Crippen molar-refractivity contribution in [1.29, 1.82) is 0 Å². The maximum Gasteiger partial charge on any atom is 0.416 e. The van der Waals surface area contributed by atoms with Crippen molar-refractivity contribution in [2.75, 3.05) is 0 Å². The highest BCUT2D eigenvalue weighted by Gasteiger charge is 2.44. The number of alkyl halides is 3. The summed E-state index contributed by atoms with van der Waals surface area (Å²) in [5.74, 6) is 0.915. The van der Waals surface area contributed by atoms with Crippen molar-refractivity contribution in [3.05, 3.63) is 95.6 Å². The molecule has 3 N–H and O–H groups in total. The minimum absolute atomic E-state index is 0.0788. The Kier molecular flexibility index (Phi) is 7.10. The summed E-state index contributed by atoms with van der Waals surface area (Å²) in [4.78, 5) is 0. The fourth-order valence-electron chi connectivity index (χ4n) is 3.06. The number of ether oxygens (including phenoxy) is 1. The zero-order chi connectivity index (χ0) is 21.6. The quantitative estimate of drug-likeness (QED) is 0.496. The molecule has 30 heavy (non-hydrogen) atoms. The molecular formula is C23H22F3NO3. The van der Waals surface area contributed by atoms with E-state index in [2.05, 4.69) is 5.32 Å². The van der Waals surface area contributed by atoms with Gasteiger partial charge in [0.1, 0.15) is 11.5 Å². The van der Waals surface area contributed by atoms with Crippen molar-refractivity contribution >= 4 is 0 Å². The summed E-state index contributed by atoms with van der Waals surface area (Å²) in [5, 5.41) is 22.0. The number of nitrogens with one attached hydrogen (secondary N) is 1. The summed E-state index contributed by atoms with van der Waals surface area (Å²) < 4.78 is 45.7. The van der Waals surface area contributed by atoms with Crippen molar-refractivity contribution in [2.24, 2.45) is 0 Å². The van der Waals surface area contributed by atoms with Crippen molar-refractivity contribution in [3.63, 3.8) is 0 Å². The molecule has 158 valence electrons. The van der Waals surface area contributed by atoms with E-state index in [0.717, 1.165) is 0 Å². The van der Waals surface area contributed by atoms with E-state index in [1.807, 2.05) is 6.07 Å². The van der Waals surface area contributed by atoms with E-state index < -0.39 is 18.3 Å². The third-order valence-electron chi connectivity index (χ3n) is 4.55. The van der Waals surface area contributed by atoms with Gasteiger partial charge in [-0.2, -0.15) is 13.2 Å². The molecule has 0 heterocycles. The second-order valence-corrected chi connectivity index (χ2v) is 6.81. The number of benzene rings is 3. The fourth-order valence-corrected chi connectivity index (χ4v) is 3.06. The van der Waals surface area contributed by atoms with E-state index in [-0.39, 0.29) is 18.7 Å². The third-order valence-corrected chi connectivity index (χ3v) is 4.55. The van der Waals surface area contributed by atoms with Gasteiger partial charge in [-0.05, 0) is 41.0 Å². The molecule has 0 radical (unpaired) electrons. The van der Waals surface area contributed by atoms with E-state index in [4.69, 9.17) is 4.74 Å². The third kappa shape index (κ3) is 5.82. The van der Waals surface area contributed by atoms with Crippen LogP contribution in [0.3, 0.4) is 0 Å². The number of halogens is 3. The molecule has 0 amide bonds. The van der Waals surface area contributed by atoms with Crippen LogP contribution in [0.15, 0.2) is 78.9 Å². The van der Waals surface area contributed by atoms with E-state index in [1.165, 1.54) is 12.1 Å². The molecule has 0 aromatic heterocycles. The van der Waals surface area contributed by atoms with Gasteiger partial charge in [0.25, 0.3) is 0 Å². The van der Waals surface area contributed by atoms with Gasteiger partial charge < -0.3 is 20.3 Å². The van der Waals surface area contributed by atoms with Crippen LogP contribution in [0.1, 0.15) is 22.7 Å². The first-order chi connectivity index (χ1) is 14.4. The van der Waals surface area contributed by atoms with Gasteiger partial charge in [-0.1, -0.05) is 54.6 Å². The Morgan fingerprint density at radius 3 is 2.20 bits per heavy atom. The maximum absolute atomic E-state index is 13.3. The molecule has 0 saturated heterocycles. The predicted octanol–water partition coefficient (Wildman–Crippen LogP) is 4.73. The molecule has 0 fully saturated rings. The molecule has 0 spiro atoms. The van der Waals surface area contributed by atoms with Gasteiger partial charge in [0.05, 0.1) is 12.6 Å². The first kappa shape index (κ1) is 21.8. The Balaban J connectivity index is 1.83. The summed E-state index contributed by atoms with van der Waals surface area (Å²) in [6, 6.07) is 20.5. The molecular weight excluding hydrogens is 395 g/mol. The van der Waals surface area contributed by atoms with E-state index in [1.54, 1.807) is 60.7 Å². The SMILES string of the molecule is OCc1cccc(CNC(c2cccc(Oc3ccccc3)c2)C(O)C(F)(F)F)c1. The molecule has 0 aliphatic carbocycles. The summed E-state index contributed by atoms with van der Waals surface area (Å²) in [6.07, 6.45) is -7.41. The lowest BCUT2D eigenvalue weighted by Gasteiger charge is -2.27. The fraction of sp³-hybridized carbons (Fsp3) is 0.217. The average molecular weight is 417 g/mol. The summed E-state index contributed by atoms with van der Waals surface area (Å²) in [5.41, 5.74) is 1.59. The number of aliphatic hydroxyl groups is 2. The molecule has 3 rings (SSSR count). The van der Waals surface area contributed by atoms with Crippen LogP contribution in [0, 0.1) is 0 Å². The second-order valence-electron chi connectivity index (χ2n) is 6.81. The van der Waals surface area contributed by atoms with Crippen molar-refractivity contribution in [1.82, 2.24) is 5.32 Å². The van der Waals surface area contributed by atoms with Gasteiger partial charge >= 0.3 is 6.18 Å². The number of para-hydroxylation sites is 1. The van der Waals surface area contributed by atoms with Crippen LogP contribution in [0.5, 0.6) is 11.5 Å². The topological polar surface area (TPSA) is 61.7 Å². The molecule has 2 unspecified atom stereocenters. The number of hydrogen-bond acceptors (Lipinski definition) is 4. The standard InChI is InChI=1S/C23H22F3NO3/c24-23(25,26)22(29)21(27-14-16-6-4-7-17(12-16)15-28)18-8-5-11-20(13-18)30-19-9-2-1-3-10-19/h1-13,21-22,27-29H,14-15H2. The Bertz CT molecular complexity index is 948. The minimum atomic E-state index is -4.80. The number of rotatable bonds is 8. The zero-order valence-corrected chi connectivity index (χ0v) is 16.0. The van der Waals surface area contributed by atoms with Gasteiger partial charge in [-0.15, -0.1) is 0 Å². The molecule has 4 nitrogen and oxygen atoms in total. The minimum Gasteiger partial charge on any atom is -0.457 e. The van der Waals surface area contributed by atoms with Gasteiger partial charge in [-0.3, -0.25) is 0 Å². The monoisotopic (exact) mass is 417 g/mol. The Labute approximate surface area is 172 Å². The van der Waals surface area contributed by atoms with Crippen molar-refractivity contribution in [2.45, 2.75) is 31.5 Å². The zero-order valence-electron chi connectivity index (χ0n) is 16.0. The number of aliphatic hydroxyl groups excluding tert-OH is 2. The molecule has 0 bridgehead atoms. The van der Waals surface area contributed by atoms with Crippen LogP contribution in [0.2, 0.25) is 0 Å². The highest BCUT2D eigenvalue weighted by molar-refractivity contribution is 5.35. The van der Waals surface area contributed by atoms with Crippen molar-refractivity contribution < 1.29 is 28.1 Å². The Hall–Kier alpha value is -2.87. The Morgan fingerprint density at radius 2 is 1.50 bits per heavy atom. The summed E-state index contributed by atoms with van der Waals surface area (Å²) in [6.45, 7) is -0.0866. The average Bonchev–Trinajstić information content (AvgIpc) is 2.74. The van der Waals surface area contributed by atoms with E-state index in [0.29, 0.717) is 22.6 Å². The van der Waals surface area contributed by atoms with Crippen LogP contribution in [-0.2, 0) is 13.2 Å². The Morgan fingerprint density at radius 1 is 0.833 bits per heavy atom. The first-order valence-corrected chi connectivity index (χ1v) is 9.36. The molecule has 7 heteroatoms. The molecule has 2 atom stereocenters.